The van der Waals surface area contributed by atoms with Crippen LogP contribution in [-0.2, 0) is 0 Å². The summed E-state index contributed by atoms with van der Waals surface area (Å²) >= 11 is 1.82. The van der Waals surface area contributed by atoms with E-state index in [4.69, 9.17) is 0 Å². The molecule has 1 aromatic rings. The molecule has 2 saturated heterocycles. The van der Waals surface area contributed by atoms with Crippen molar-refractivity contribution in [2.75, 3.05) is 26.2 Å². The maximum absolute atomic E-state index is 4.56. The number of thiazole rings is 1. The third-order valence-electron chi connectivity index (χ3n) is 4.65. The van der Waals surface area contributed by atoms with Crippen LogP contribution in [0.3, 0.4) is 0 Å². The molecule has 3 nitrogen and oxygen atoms in total. The lowest BCUT2D eigenvalue weighted by Crippen LogP contribution is -2.44. The number of aromatic nitrogens is 1. The lowest BCUT2D eigenvalue weighted by molar-refractivity contribution is 0.118. The monoisotopic (exact) mass is 279 g/mol. The first-order chi connectivity index (χ1) is 9.38. The smallest absolute Gasteiger partial charge is 0.110 e. The number of hydrogen-bond donors (Lipinski definition) is 0. The number of rotatable bonds is 3. The minimum absolute atomic E-state index is 0.543. The average Bonchev–Trinajstić information content (AvgIpc) is 2.87. The standard InChI is InChI=1S/C15H25N3S/c1-2-14(15-16-7-11-19-15)18-10-5-9-17-8-4-3-6-13(17)12-18/h7,11,13-14H,2-6,8-10,12H2,1H3. The third kappa shape index (κ3) is 3.01. The molecule has 106 valence electrons. The van der Waals surface area contributed by atoms with Crippen LogP contribution in [0, 0.1) is 0 Å². The van der Waals surface area contributed by atoms with Gasteiger partial charge in [-0.15, -0.1) is 11.3 Å². The highest BCUT2D eigenvalue weighted by molar-refractivity contribution is 7.09. The summed E-state index contributed by atoms with van der Waals surface area (Å²) in [6, 6.07) is 1.34. The van der Waals surface area contributed by atoms with Crippen LogP contribution in [0.5, 0.6) is 0 Å². The van der Waals surface area contributed by atoms with Crippen molar-refractivity contribution in [2.24, 2.45) is 0 Å². The molecule has 1 aromatic heterocycles. The fourth-order valence-corrected chi connectivity index (χ4v) is 4.53. The van der Waals surface area contributed by atoms with Crippen molar-refractivity contribution >= 4 is 11.3 Å². The largest absolute Gasteiger partial charge is 0.299 e. The third-order valence-corrected chi connectivity index (χ3v) is 5.53. The maximum atomic E-state index is 4.56. The molecule has 0 N–H and O–H groups in total. The van der Waals surface area contributed by atoms with Crippen molar-refractivity contribution < 1.29 is 0 Å². The van der Waals surface area contributed by atoms with Gasteiger partial charge in [0.25, 0.3) is 0 Å². The molecule has 0 aromatic carbocycles. The highest BCUT2D eigenvalue weighted by atomic mass is 32.1. The molecule has 3 heterocycles. The molecular weight excluding hydrogens is 254 g/mol. The van der Waals surface area contributed by atoms with E-state index in [1.165, 1.54) is 63.3 Å². The highest BCUT2D eigenvalue weighted by Crippen LogP contribution is 2.30. The lowest BCUT2D eigenvalue weighted by atomic mass is 10.0. The van der Waals surface area contributed by atoms with Gasteiger partial charge in [-0.05, 0) is 38.8 Å². The number of piperidine rings is 1. The van der Waals surface area contributed by atoms with Crippen LogP contribution in [0.2, 0.25) is 0 Å². The van der Waals surface area contributed by atoms with Gasteiger partial charge in [-0.1, -0.05) is 13.3 Å². The lowest BCUT2D eigenvalue weighted by Gasteiger charge is -2.37. The Balaban J connectivity index is 1.72. The predicted octanol–water partition coefficient (Wildman–Crippen LogP) is 3.15. The van der Waals surface area contributed by atoms with E-state index in [0.29, 0.717) is 6.04 Å². The van der Waals surface area contributed by atoms with Crippen LogP contribution in [0.15, 0.2) is 11.6 Å². The van der Waals surface area contributed by atoms with Gasteiger partial charge >= 0.3 is 0 Å². The second-order valence-corrected chi connectivity index (χ2v) is 6.75. The van der Waals surface area contributed by atoms with Crippen LogP contribution in [-0.4, -0.2) is 47.0 Å². The predicted molar refractivity (Wildman–Crippen MR) is 80.5 cm³/mol. The summed E-state index contributed by atoms with van der Waals surface area (Å²) in [7, 11) is 0. The Morgan fingerprint density at radius 3 is 3.00 bits per heavy atom. The Morgan fingerprint density at radius 1 is 1.32 bits per heavy atom. The summed E-state index contributed by atoms with van der Waals surface area (Å²) in [6.07, 6.45) is 8.67. The molecule has 0 radical (unpaired) electrons. The summed E-state index contributed by atoms with van der Waals surface area (Å²) in [5.74, 6) is 0. The topological polar surface area (TPSA) is 19.4 Å². The first-order valence-electron chi connectivity index (χ1n) is 7.76. The SMILES string of the molecule is CCC(c1nccs1)N1CCCN2CCCCC2C1. The van der Waals surface area contributed by atoms with E-state index in [9.17, 15) is 0 Å². The Hall–Kier alpha value is -0.450. The van der Waals surface area contributed by atoms with Gasteiger partial charge in [0.1, 0.15) is 5.01 Å². The van der Waals surface area contributed by atoms with E-state index in [2.05, 4.69) is 27.1 Å². The minimum Gasteiger partial charge on any atom is -0.299 e. The zero-order valence-electron chi connectivity index (χ0n) is 11.9. The fraction of sp³-hybridized carbons (Fsp3) is 0.800. The number of fused-ring (bicyclic) bond motifs is 1. The highest BCUT2D eigenvalue weighted by Gasteiger charge is 2.30. The van der Waals surface area contributed by atoms with Gasteiger partial charge < -0.3 is 0 Å². The van der Waals surface area contributed by atoms with Gasteiger partial charge in [0.2, 0.25) is 0 Å². The first-order valence-corrected chi connectivity index (χ1v) is 8.64. The zero-order chi connectivity index (χ0) is 13.1. The number of hydrogen-bond acceptors (Lipinski definition) is 4. The summed E-state index contributed by atoms with van der Waals surface area (Å²) in [4.78, 5) is 10.00. The molecular formula is C15H25N3S. The molecule has 2 unspecified atom stereocenters. The van der Waals surface area contributed by atoms with Gasteiger partial charge in [-0.2, -0.15) is 0 Å². The van der Waals surface area contributed by atoms with Crippen LogP contribution in [0.4, 0.5) is 0 Å². The molecule has 2 atom stereocenters. The molecule has 2 aliphatic heterocycles. The molecule has 4 heteroatoms. The van der Waals surface area contributed by atoms with Gasteiger partial charge in [0.15, 0.2) is 0 Å². The van der Waals surface area contributed by atoms with Gasteiger partial charge in [-0.25, -0.2) is 4.98 Å². The Morgan fingerprint density at radius 2 is 2.21 bits per heavy atom. The zero-order valence-corrected chi connectivity index (χ0v) is 12.7. The maximum Gasteiger partial charge on any atom is 0.110 e. The van der Waals surface area contributed by atoms with Crippen molar-refractivity contribution in [2.45, 2.75) is 51.1 Å². The van der Waals surface area contributed by atoms with Crippen molar-refractivity contribution in [3.05, 3.63) is 16.6 Å². The van der Waals surface area contributed by atoms with Gasteiger partial charge in [-0.3, -0.25) is 9.80 Å². The molecule has 2 fully saturated rings. The van der Waals surface area contributed by atoms with Crippen molar-refractivity contribution in [1.29, 1.82) is 0 Å². The van der Waals surface area contributed by atoms with E-state index in [-0.39, 0.29) is 0 Å². The van der Waals surface area contributed by atoms with Crippen molar-refractivity contribution in [1.82, 2.24) is 14.8 Å². The fourth-order valence-electron chi connectivity index (χ4n) is 3.67. The van der Waals surface area contributed by atoms with E-state index >= 15 is 0 Å². The van der Waals surface area contributed by atoms with Gasteiger partial charge in [0, 0.05) is 30.7 Å². The van der Waals surface area contributed by atoms with Crippen LogP contribution < -0.4 is 0 Å². The molecule has 0 spiro atoms. The normalized spacial score (nSPS) is 27.7. The van der Waals surface area contributed by atoms with Crippen LogP contribution in [0.25, 0.3) is 0 Å². The van der Waals surface area contributed by atoms with Crippen molar-refractivity contribution in [3.8, 4) is 0 Å². The summed E-state index contributed by atoms with van der Waals surface area (Å²) in [6.45, 7) is 7.42. The number of nitrogens with zero attached hydrogens (tertiary/aromatic N) is 3. The van der Waals surface area contributed by atoms with E-state index < -0.39 is 0 Å². The van der Waals surface area contributed by atoms with E-state index in [0.717, 1.165) is 6.04 Å². The van der Waals surface area contributed by atoms with Gasteiger partial charge in [0.05, 0.1) is 6.04 Å². The first kappa shape index (κ1) is 13.5. The molecule has 0 bridgehead atoms. The quantitative estimate of drug-likeness (QED) is 0.847. The summed E-state index contributed by atoms with van der Waals surface area (Å²) in [5.41, 5.74) is 0. The van der Waals surface area contributed by atoms with E-state index in [1.54, 1.807) is 0 Å². The second kappa shape index (κ2) is 6.33. The molecule has 2 aliphatic rings. The molecule has 19 heavy (non-hydrogen) atoms. The van der Waals surface area contributed by atoms with Crippen LogP contribution >= 0.6 is 11.3 Å². The Kier molecular flexibility index (Phi) is 4.51. The summed E-state index contributed by atoms with van der Waals surface area (Å²) < 4.78 is 0. The molecule has 0 aliphatic carbocycles. The van der Waals surface area contributed by atoms with Crippen molar-refractivity contribution in [3.63, 3.8) is 0 Å². The minimum atomic E-state index is 0.543. The second-order valence-electron chi connectivity index (χ2n) is 5.83. The molecule has 3 rings (SSSR count). The Labute approximate surface area is 120 Å². The summed E-state index contributed by atoms with van der Waals surface area (Å²) in [5, 5.41) is 3.43. The molecule has 0 amide bonds. The van der Waals surface area contributed by atoms with Crippen LogP contribution in [0.1, 0.15) is 50.1 Å². The Bertz CT molecular complexity index is 379. The van der Waals surface area contributed by atoms with E-state index in [1.807, 2.05) is 17.5 Å². The molecule has 0 saturated carbocycles. The average molecular weight is 279 g/mol.